The van der Waals surface area contributed by atoms with E-state index in [1.807, 2.05) is 0 Å². The van der Waals surface area contributed by atoms with E-state index in [4.69, 9.17) is 0 Å². The summed E-state index contributed by atoms with van der Waals surface area (Å²) < 4.78 is 54.9. The van der Waals surface area contributed by atoms with Gasteiger partial charge < -0.3 is 16.0 Å². The number of amides is 3. The molecule has 2 unspecified atom stereocenters. The third-order valence-electron chi connectivity index (χ3n) is 5.82. The van der Waals surface area contributed by atoms with E-state index in [0.29, 0.717) is 22.7 Å². The zero-order valence-electron chi connectivity index (χ0n) is 19.1. The lowest BCUT2D eigenvalue weighted by Crippen LogP contribution is -2.45. The molecule has 0 radical (unpaired) electrons. The van der Waals surface area contributed by atoms with Gasteiger partial charge in [0.15, 0.2) is 5.82 Å². The van der Waals surface area contributed by atoms with Crippen LogP contribution in [0.1, 0.15) is 18.5 Å². The Morgan fingerprint density at radius 3 is 2.22 bits per heavy atom. The third kappa shape index (κ3) is 4.99. The summed E-state index contributed by atoms with van der Waals surface area (Å²) in [6, 6.07) is 8.73. The summed E-state index contributed by atoms with van der Waals surface area (Å²) in [5, 5.41) is 15.5. The van der Waals surface area contributed by atoms with Crippen LogP contribution in [0.4, 0.5) is 39.5 Å². The summed E-state index contributed by atoms with van der Waals surface area (Å²) >= 11 is 0. The number of fused-ring (bicyclic) bond motifs is 1. The van der Waals surface area contributed by atoms with Gasteiger partial charge in [-0.25, -0.2) is 27.3 Å². The van der Waals surface area contributed by atoms with Crippen LogP contribution in [0.15, 0.2) is 59.6 Å². The zero-order chi connectivity index (χ0) is 26.3. The van der Waals surface area contributed by atoms with Crippen LogP contribution >= 0.6 is 0 Å². The molecule has 0 spiro atoms. The van der Waals surface area contributed by atoms with Crippen LogP contribution in [0.3, 0.4) is 0 Å². The van der Waals surface area contributed by atoms with Crippen molar-refractivity contribution in [1.82, 2.24) is 15.5 Å². The van der Waals surface area contributed by atoms with Crippen LogP contribution in [-0.2, 0) is 4.79 Å². The summed E-state index contributed by atoms with van der Waals surface area (Å²) in [6.45, 7) is 1.48. The second-order valence-corrected chi connectivity index (χ2v) is 8.47. The molecule has 37 heavy (non-hydrogen) atoms. The lowest BCUT2D eigenvalue weighted by molar-refractivity contribution is -0.118. The van der Waals surface area contributed by atoms with Crippen LogP contribution in [0.5, 0.6) is 0 Å². The van der Waals surface area contributed by atoms with E-state index < -0.39 is 47.2 Å². The maximum absolute atomic E-state index is 13.9. The number of nitrogens with zero attached hydrogens (tertiary/aromatic N) is 2. The Hall–Kier alpha value is -4.74. The quantitative estimate of drug-likeness (QED) is 0.272. The number of aliphatic imine (C=N–C) groups is 1. The molecule has 5 rings (SSSR count). The first-order chi connectivity index (χ1) is 17.7. The average Bonchev–Trinajstić information content (AvgIpc) is 3.19. The lowest BCUT2D eigenvalue weighted by atomic mass is 9.87. The normalized spacial score (nSPS) is 17.3. The molecule has 0 saturated heterocycles. The first-order valence-corrected chi connectivity index (χ1v) is 11.0. The first-order valence-electron chi connectivity index (χ1n) is 11.0. The predicted octanol–water partition coefficient (Wildman–Crippen LogP) is 5.34. The van der Waals surface area contributed by atoms with E-state index in [-0.39, 0.29) is 22.8 Å². The highest BCUT2D eigenvalue weighted by Crippen LogP contribution is 2.31. The fraction of sp³-hybridized carbons (Fsp3) is 0.120. The maximum Gasteiger partial charge on any atom is 0.341 e. The predicted molar refractivity (Wildman–Crippen MR) is 129 cm³/mol. The number of H-pyrrole nitrogens is 1. The first kappa shape index (κ1) is 24.0. The van der Waals surface area contributed by atoms with E-state index in [1.54, 1.807) is 18.2 Å². The number of hydrogen-bond acceptors (Lipinski definition) is 4. The van der Waals surface area contributed by atoms with Gasteiger partial charge in [-0.2, -0.15) is 5.10 Å². The van der Waals surface area contributed by atoms with Gasteiger partial charge in [-0.1, -0.05) is 0 Å². The minimum Gasteiger partial charge on any atom is -0.338 e. The highest BCUT2D eigenvalue weighted by atomic mass is 19.1. The van der Waals surface area contributed by atoms with Gasteiger partial charge in [0.25, 0.3) is 0 Å². The van der Waals surface area contributed by atoms with Crippen molar-refractivity contribution in [2.24, 2.45) is 10.9 Å². The molecular weight excluding hydrogens is 492 g/mol. The molecule has 2 heterocycles. The molecule has 2 atom stereocenters. The lowest BCUT2D eigenvalue weighted by Gasteiger charge is -2.30. The molecule has 188 valence electrons. The van der Waals surface area contributed by atoms with E-state index in [2.05, 4.69) is 31.1 Å². The van der Waals surface area contributed by atoms with Crippen LogP contribution in [0, 0.1) is 29.2 Å². The highest BCUT2D eigenvalue weighted by Gasteiger charge is 2.37. The monoisotopic (exact) mass is 510 g/mol. The highest BCUT2D eigenvalue weighted by molar-refractivity contribution is 6.13. The van der Waals surface area contributed by atoms with Crippen molar-refractivity contribution in [2.75, 3.05) is 10.6 Å². The fourth-order valence-electron chi connectivity index (χ4n) is 4.26. The van der Waals surface area contributed by atoms with Crippen molar-refractivity contribution in [3.8, 4) is 0 Å². The van der Waals surface area contributed by atoms with Gasteiger partial charge in [0.1, 0.15) is 29.2 Å². The van der Waals surface area contributed by atoms with Gasteiger partial charge in [-0.15, -0.1) is 0 Å². The molecule has 3 amide bonds. The van der Waals surface area contributed by atoms with Gasteiger partial charge in [0.05, 0.1) is 11.6 Å². The molecule has 1 aliphatic rings. The Bertz CT molecular complexity index is 1540. The fourth-order valence-corrected chi connectivity index (χ4v) is 4.26. The van der Waals surface area contributed by atoms with Crippen LogP contribution in [0.2, 0.25) is 0 Å². The Morgan fingerprint density at radius 2 is 1.54 bits per heavy atom. The van der Waals surface area contributed by atoms with Crippen LogP contribution in [0.25, 0.3) is 10.9 Å². The molecule has 4 N–H and O–H groups in total. The Labute approximate surface area is 206 Å². The van der Waals surface area contributed by atoms with Gasteiger partial charge in [-0.3, -0.25) is 9.89 Å². The molecule has 0 aliphatic carbocycles. The number of hydrogen-bond donors (Lipinski definition) is 4. The number of urea groups is 1. The number of aromatic nitrogens is 2. The van der Waals surface area contributed by atoms with Crippen LogP contribution < -0.4 is 16.0 Å². The Kier molecular flexibility index (Phi) is 6.07. The van der Waals surface area contributed by atoms with Crippen molar-refractivity contribution in [1.29, 1.82) is 0 Å². The van der Waals surface area contributed by atoms with Crippen molar-refractivity contribution < 1.29 is 27.2 Å². The SMILES string of the molecule is CC1=NC(=O)NC(c2cc(F)cc(F)c2)C1C(=O)Nc1ccc2[nH]nc(Nc3cc(F)cc(F)c3)c2c1. The van der Waals surface area contributed by atoms with Gasteiger partial charge in [-0.05, 0) is 55.0 Å². The molecule has 0 saturated carbocycles. The number of anilines is 3. The molecule has 0 fully saturated rings. The number of carbonyl (C=O) groups is 2. The topological polar surface area (TPSA) is 111 Å². The second-order valence-electron chi connectivity index (χ2n) is 8.47. The largest absolute Gasteiger partial charge is 0.341 e. The van der Waals surface area contributed by atoms with E-state index in [1.165, 1.54) is 6.92 Å². The number of halogens is 4. The minimum absolute atomic E-state index is 0.0688. The van der Waals surface area contributed by atoms with Gasteiger partial charge in [0.2, 0.25) is 5.91 Å². The molecule has 0 bridgehead atoms. The molecule has 3 aromatic carbocycles. The molecule has 12 heteroatoms. The Morgan fingerprint density at radius 1 is 0.892 bits per heavy atom. The molecule has 1 aliphatic heterocycles. The van der Waals surface area contributed by atoms with Crippen molar-refractivity contribution >= 4 is 45.7 Å². The van der Waals surface area contributed by atoms with Gasteiger partial charge in [0, 0.05) is 34.6 Å². The van der Waals surface area contributed by atoms with Crippen molar-refractivity contribution in [3.63, 3.8) is 0 Å². The smallest absolute Gasteiger partial charge is 0.338 e. The van der Waals surface area contributed by atoms with E-state index >= 15 is 0 Å². The summed E-state index contributed by atoms with van der Waals surface area (Å²) in [7, 11) is 0. The number of aromatic amines is 1. The number of rotatable bonds is 5. The summed E-state index contributed by atoms with van der Waals surface area (Å²) in [6.07, 6.45) is 0. The van der Waals surface area contributed by atoms with Crippen molar-refractivity contribution in [3.05, 3.63) is 83.4 Å². The third-order valence-corrected chi connectivity index (χ3v) is 5.82. The zero-order valence-corrected chi connectivity index (χ0v) is 19.1. The molecule has 1 aromatic heterocycles. The van der Waals surface area contributed by atoms with Crippen molar-refractivity contribution in [2.45, 2.75) is 13.0 Å². The van der Waals surface area contributed by atoms with E-state index in [0.717, 1.165) is 30.3 Å². The average molecular weight is 510 g/mol. The molecule has 8 nitrogen and oxygen atoms in total. The molecular formula is C25H18F4N6O2. The Balaban J connectivity index is 1.44. The van der Waals surface area contributed by atoms with Crippen LogP contribution in [-0.4, -0.2) is 27.8 Å². The summed E-state index contributed by atoms with van der Waals surface area (Å²) in [4.78, 5) is 29.1. The number of benzene rings is 3. The minimum atomic E-state index is -1.06. The second kappa shape index (κ2) is 9.37. The van der Waals surface area contributed by atoms with Gasteiger partial charge >= 0.3 is 6.03 Å². The standard InChI is InChI=1S/C25H18F4N6O2/c1-11-21(22(33-25(37)30-11)12-4-13(26)6-14(27)5-12)24(36)32-17-2-3-20-19(10-17)23(35-34-20)31-18-8-15(28)7-16(29)9-18/h2-10,21-22H,1H3,(H,32,36)(H,33,37)(H2,31,34,35). The number of nitrogens with one attached hydrogen (secondary N) is 4. The summed E-state index contributed by atoms with van der Waals surface area (Å²) in [5.41, 5.74) is 1.28. The molecule has 4 aromatic rings. The summed E-state index contributed by atoms with van der Waals surface area (Å²) in [5.74, 6) is -4.63. The van der Waals surface area contributed by atoms with E-state index in [9.17, 15) is 27.2 Å². The number of carbonyl (C=O) groups excluding carboxylic acids is 2. The maximum atomic E-state index is 13.9.